The predicted molar refractivity (Wildman–Crippen MR) is 107 cm³/mol. The molecule has 1 aromatic carbocycles. The Labute approximate surface area is 169 Å². The lowest BCUT2D eigenvalue weighted by Crippen LogP contribution is -2.17. The lowest BCUT2D eigenvalue weighted by Gasteiger charge is -2.09. The number of benzene rings is 1. The average molecular weight is 447 g/mol. The molecule has 0 aliphatic carbocycles. The van der Waals surface area contributed by atoms with Crippen LogP contribution >= 0.6 is 15.9 Å². The Balaban J connectivity index is 1.85. The maximum absolute atomic E-state index is 12.6. The normalized spacial score (nSPS) is 10.9. The average Bonchev–Trinajstić information content (AvgIpc) is 3.05. The van der Waals surface area contributed by atoms with E-state index in [1.165, 1.54) is 18.7 Å². The van der Waals surface area contributed by atoms with Crippen LogP contribution in [0.15, 0.2) is 28.7 Å². The number of nitrogens with one attached hydrogen (secondary N) is 1. The fourth-order valence-electron chi connectivity index (χ4n) is 3.06. The number of aryl methyl sites for hydroxylation is 3. The SMILES string of the molecule is Cc1nn(Cc2cccc(NC(=O)c3c([N+](=O)[O-])c(C)nn3C)c2)c(C)c1Br. The van der Waals surface area contributed by atoms with Crippen LogP contribution in [-0.4, -0.2) is 30.4 Å². The number of halogens is 1. The first-order chi connectivity index (χ1) is 13.2. The van der Waals surface area contributed by atoms with Gasteiger partial charge in [-0.25, -0.2) is 0 Å². The van der Waals surface area contributed by atoms with Crippen molar-refractivity contribution < 1.29 is 9.72 Å². The van der Waals surface area contributed by atoms with Crippen LogP contribution in [-0.2, 0) is 13.6 Å². The molecule has 0 aliphatic heterocycles. The van der Waals surface area contributed by atoms with E-state index in [4.69, 9.17) is 0 Å². The molecule has 0 bridgehead atoms. The third kappa shape index (κ3) is 3.68. The summed E-state index contributed by atoms with van der Waals surface area (Å²) in [7, 11) is 1.51. The quantitative estimate of drug-likeness (QED) is 0.476. The minimum Gasteiger partial charge on any atom is -0.320 e. The van der Waals surface area contributed by atoms with Crippen molar-refractivity contribution >= 4 is 33.2 Å². The van der Waals surface area contributed by atoms with Crippen molar-refractivity contribution in [2.45, 2.75) is 27.3 Å². The van der Waals surface area contributed by atoms with Crippen molar-refractivity contribution in [3.8, 4) is 0 Å². The predicted octanol–water partition coefficient (Wildman–Crippen LogP) is 3.51. The van der Waals surface area contributed by atoms with Crippen LogP contribution in [0.25, 0.3) is 0 Å². The van der Waals surface area contributed by atoms with Crippen molar-refractivity contribution in [3.05, 3.63) is 67.2 Å². The second-order valence-electron chi connectivity index (χ2n) is 6.46. The minimum atomic E-state index is -0.589. The number of amides is 1. The third-order valence-electron chi connectivity index (χ3n) is 4.40. The molecule has 3 rings (SSSR count). The van der Waals surface area contributed by atoms with Crippen molar-refractivity contribution in [3.63, 3.8) is 0 Å². The molecule has 0 saturated heterocycles. The van der Waals surface area contributed by atoms with E-state index in [9.17, 15) is 14.9 Å². The van der Waals surface area contributed by atoms with Crippen LogP contribution in [0.5, 0.6) is 0 Å². The topological polar surface area (TPSA) is 108 Å². The van der Waals surface area contributed by atoms with Crippen LogP contribution in [0.1, 0.15) is 33.1 Å². The van der Waals surface area contributed by atoms with E-state index in [0.717, 1.165) is 21.4 Å². The highest BCUT2D eigenvalue weighted by molar-refractivity contribution is 9.10. The van der Waals surface area contributed by atoms with Gasteiger partial charge in [0.1, 0.15) is 5.69 Å². The van der Waals surface area contributed by atoms with E-state index in [1.807, 2.05) is 36.7 Å². The number of anilines is 1. The smallest absolute Gasteiger partial charge is 0.320 e. The molecular weight excluding hydrogens is 428 g/mol. The Bertz CT molecular complexity index is 1090. The summed E-state index contributed by atoms with van der Waals surface area (Å²) in [6.07, 6.45) is 0. The molecule has 0 unspecified atom stereocenters. The molecule has 9 nitrogen and oxygen atoms in total. The first-order valence-electron chi connectivity index (χ1n) is 8.46. The van der Waals surface area contributed by atoms with E-state index in [-0.39, 0.29) is 17.1 Å². The van der Waals surface area contributed by atoms with Crippen LogP contribution in [0.4, 0.5) is 11.4 Å². The molecular formula is C18H19BrN6O3. The molecule has 0 atom stereocenters. The van der Waals surface area contributed by atoms with E-state index >= 15 is 0 Å². The summed E-state index contributed by atoms with van der Waals surface area (Å²) in [6.45, 7) is 5.93. The summed E-state index contributed by atoms with van der Waals surface area (Å²) >= 11 is 3.51. The summed E-state index contributed by atoms with van der Waals surface area (Å²) in [5, 5.41) is 22.5. The molecule has 0 fully saturated rings. The van der Waals surface area contributed by atoms with E-state index in [0.29, 0.717) is 12.2 Å². The Kier molecular flexibility index (Phi) is 5.32. The molecule has 146 valence electrons. The molecule has 10 heteroatoms. The number of hydrogen-bond donors (Lipinski definition) is 1. The number of carbonyl (C=O) groups excluding carboxylic acids is 1. The van der Waals surface area contributed by atoms with Gasteiger partial charge >= 0.3 is 5.69 Å². The molecule has 2 heterocycles. The first kappa shape index (κ1) is 19.7. The standard InChI is InChI=1S/C18H19BrN6O3/c1-10-15(19)12(3)24(22-10)9-13-6-5-7-14(8-13)20-18(26)17-16(25(27)28)11(2)21-23(17)4/h5-8H,9H2,1-4H3,(H,20,26). The summed E-state index contributed by atoms with van der Waals surface area (Å²) in [4.78, 5) is 23.3. The largest absolute Gasteiger partial charge is 0.322 e. The summed E-state index contributed by atoms with van der Waals surface area (Å²) < 4.78 is 4.06. The zero-order chi connectivity index (χ0) is 20.6. The van der Waals surface area contributed by atoms with Gasteiger partial charge in [0, 0.05) is 12.7 Å². The van der Waals surface area contributed by atoms with Gasteiger partial charge in [0.15, 0.2) is 0 Å². The Morgan fingerprint density at radius 1 is 1.25 bits per heavy atom. The molecule has 1 amide bonds. The van der Waals surface area contributed by atoms with Gasteiger partial charge in [-0.3, -0.25) is 24.3 Å². The third-order valence-corrected chi connectivity index (χ3v) is 5.55. The number of carbonyl (C=O) groups is 1. The van der Waals surface area contributed by atoms with Crippen molar-refractivity contribution in [2.75, 3.05) is 5.32 Å². The fourth-order valence-corrected chi connectivity index (χ4v) is 3.34. The number of rotatable bonds is 5. The highest BCUT2D eigenvalue weighted by Gasteiger charge is 2.29. The summed E-state index contributed by atoms with van der Waals surface area (Å²) in [5.41, 5.74) is 3.21. The van der Waals surface area contributed by atoms with Crippen molar-refractivity contribution in [1.29, 1.82) is 0 Å². The van der Waals surface area contributed by atoms with E-state index in [2.05, 4.69) is 31.4 Å². The van der Waals surface area contributed by atoms with Gasteiger partial charge in [-0.15, -0.1) is 0 Å². The highest BCUT2D eigenvalue weighted by Crippen LogP contribution is 2.24. The van der Waals surface area contributed by atoms with Crippen molar-refractivity contribution in [1.82, 2.24) is 19.6 Å². The van der Waals surface area contributed by atoms with Gasteiger partial charge in [-0.05, 0) is 54.4 Å². The molecule has 0 saturated carbocycles. The number of nitrogens with zero attached hydrogens (tertiary/aromatic N) is 5. The summed E-state index contributed by atoms with van der Waals surface area (Å²) in [6, 6.07) is 7.29. The van der Waals surface area contributed by atoms with Gasteiger partial charge in [-0.1, -0.05) is 12.1 Å². The number of aromatic nitrogens is 4. The second kappa shape index (κ2) is 7.55. The fraction of sp³-hybridized carbons (Fsp3) is 0.278. The van der Waals surface area contributed by atoms with Crippen LogP contribution in [0.3, 0.4) is 0 Å². The van der Waals surface area contributed by atoms with Crippen LogP contribution < -0.4 is 5.32 Å². The molecule has 0 radical (unpaired) electrons. The first-order valence-corrected chi connectivity index (χ1v) is 9.26. The van der Waals surface area contributed by atoms with Crippen molar-refractivity contribution in [2.24, 2.45) is 7.05 Å². The van der Waals surface area contributed by atoms with Gasteiger partial charge in [-0.2, -0.15) is 10.2 Å². The van der Waals surface area contributed by atoms with Gasteiger partial charge in [0.25, 0.3) is 5.91 Å². The zero-order valence-corrected chi connectivity index (χ0v) is 17.4. The van der Waals surface area contributed by atoms with Gasteiger partial charge in [0.2, 0.25) is 5.69 Å². The maximum Gasteiger partial charge on any atom is 0.322 e. The lowest BCUT2D eigenvalue weighted by molar-refractivity contribution is -0.385. The number of hydrogen-bond acceptors (Lipinski definition) is 5. The monoisotopic (exact) mass is 446 g/mol. The van der Waals surface area contributed by atoms with Gasteiger partial charge in [0.05, 0.1) is 27.3 Å². The molecule has 0 aliphatic rings. The molecule has 3 aromatic rings. The Hall–Kier alpha value is -3.01. The highest BCUT2D eigenvalue weighted by atomic mass is 79.9. The number of nitro groups is 1. The van der Waals surface area contributed by atoms with E-state index < -0.39 is 10.8 Å². The van der Waals surface area contributed by atoms with Gasteiger partial charge < -0.3 is 5.32 Å². The van der Waals surface area contributed by atoms with Crippen LogP contribution in [0.2, 0.25) is 0 Å². The maximum atomic E-state index is 12.6. The summed E-state index contributed by atoms with van der Waals surface area (Å²) in [5.74, 6) is -0.583. The van der Waals surface area contributed by atoms with Crippen LogP contribution in [0, 0.1) is 30.9 Å². The Morgan fingerprint density at radius 3 is 2.57 bits per heavy atom. The second-order valence-corrected chi connectivity index (χ2v) is 7.25. The molecule has 1 N–H and O–H groups in total. The molecule has 28 heavy (non-hydrogen) atoms. The lowest BCUT2D eigenvalue weighted by atomic mass is 10.2. The zero-order valence-electron chi connectivity index (χ0n) is 15.9. The Morgan fingerprint density at radius 2 is 1.96 bits per heavy atom. The molecule has 2 aromatic heterocycles. The minimum absolute atomic E-state index is 0.0876. The van der Waals surface area contributed by atoms with E-state index in [1.54, 1.807) is 6.07 Å². The molecule has 0 spiro atoms.